The molecule has 0 atom stereocenters. The number of carbonyl (C=O) groups is 1. The summed E-state index contributed by atoms with van der Waals surface area (Å²) in [6.07, 6.45) is 2.02. The molecule has 2 aliphatic heterocycles. The predicted molar refractivity (Wildman–Crippen MR) is 129 cm³/mol. The number of aryl methyl sites for hydroxylation is 1. The highest BCUT2D eigenvalue weighted by atomic mass is 32.2. The molecule has 2 heterocycles. The maximum atomic E-state index is 12.6. The van der Waals surface area contributed by atoms with Gasteiger partial charge >= 0.3 is 5.91 Å². The summed E-state index contributed by atoms with van der Waals surface area (Å²) in [7, 11) is -2.24. The van der Waals surface area contributed by atoms with Crippen LogP contribution >= 0.6 is 35.3 Å². The van der Waals surface area contributed by atoms with Crippen molar-refractivity contribution in [2.45, 2.75) is 23.6 Å². The van der Waals surface area contributed by atoms with Crippen molar-refractivity contribution in [3.8, 4) is 0 Å². The van der Waals surface area contributed by atoms with E-state index in [2.05, 4.69) is 17.0 Å². The van der Waals surface area contributed by atoms with E-state index in [9.17, 15) is 17.8 Å². The van der Waals surface area contributed by atoms with Crippen LogP contribution in [0.2, 0.25) is 0 Å². The SMILES string of the molecule is CC[N+]1=C(SC)SC(=C2Sc3ccccc3N2C)C1=O.Cc1ccc(S(=O)(=O)[O-])cc1. The molecule has 0 aromatic heterocycles. The molecule has 6 nitrogen and oxygen atoms in total. The predicted octanol–water partition coefficient (Wildman–Crippen LogP) is 4.32. The average molecular weight is 495 g/mol. The molecule has 164 valence electrons. The lowest BCUT2D eigenvalue weighted by atomic mass is 10.2. The average Bonchev–Trinajstić information content (AvgIpc) is 3.24. The Hall–Kier alpha value is -1.72. The fourth-order valence-corrected chi connectivity index (χ4v) is 6.69. The van der Waals surface area contributed by atoms with Gasteiger partial charge in [-0.15, -0.1) is 4.58 Å². The monoisotopic (exact) mass is 494 g/mol. The number of nitrogens with zero attached hydrogens (tertiary/aromatic N) is 2. The van der Waals surface area contributed by atoms with Crippen LogP contribution in [0.5, 0.6) is 0 Å². The number of fused-ring (bicyclic) bond motifs is 1. The zero-order valence-corrected chi connectivity index (χ0v) is 20.8. The number of para-hydroxylation sites is 1. The Morgan fingerprint density at radius 1 is 1.10 bits per heavy atom. The molecule has 4 rings (SSSR count). The molecule has 0 spiro atoms. The van der Waals surface area contributed by atoms with Crippen molar-refractivity contribution in [3.05, 3.63) is 64.0 Å². The van der Waals surface area contributed by atoms with Crippen LogP contribution in [0, 0.1) is 6.92 Å². The topological polar surface area (TPSA) is 80.5 Å². The number of thioether (sulfide) groups is 3. The summed E-state index contributed by atoms with van der Waals surface area (Å²) in [5.41, 5.74) is 2.10. The molecule has 0 radical (unpaired) electrons. The summed E-state index contributed by atoms with van der Waals surface area (Å²) in [5, 5.41) is 1.05. The van der Waals surface area contributed by atoms with Crippen LogP contribution < -0.4 is 4.90 Å². The molecule has 2 aliphatic rings. The smallest absolute Gasteiger partial charge is 0.430 e. The number of hydrogen-bond acceptors (Lipinski definition) is 8. The Kier molecular flexibility index (Phi) is 7.59. The first-order chi connectivity index (χ1) is 14.7. The van der Waals surface area contributed by atoms with Crippen molar-refractivity contribution in [2.24, 2.45) is 0 Å². The molecule has 2 aromatic carbocycles. The molecule has 0 aliphatic carbocycles. The first-order valence-corrected chi connectivity index (χ1v) is 13.6. The lowest BCUT2D eigenvalue weighted by Crippen LogP contribution is -2.21. The van der Waals surface area contributed by atoms with Crippen LogP contribution in [-0.2, 0) is 14.9 Å². The second-order valence-corrected chi connectivity index (χ2v) is 11.1. The Balaban J connectivity index is 0.000000210. The van der Waals surface area contributed by atoms with Gasteiger partial charge in [0, 0.05) is 23.7 Å². The van der Waals surface area contributed by atoms with Gasteiger partial charge in [0.1, 0.15) is 15.1 Å². The van der Waals surface area contributed by atoms with Crippen molar-refractivity contribution in [3.63, 3.8) is 0 Å². The Morgan fingerprint density at radius 3 is 2.26 bits per heavy atom. The number of likely N-dealkylation sites (N-methyl/N-ethyl adjacent to an activating group) is 1. The fraction of sp³-hybridized carbons (Fsp3) is 0.238. The lowest BCUT2D eigenvalue weighted by molar-refractivity contribution is -0.433. The van der Waals surface area contributed by atoms with Crippen molar-refractivity contribution in [1.82, 2.24) is 0 Å². The zero-order chi connectivity index (χ0) is 22.8. The van der Waals surface area contributed by atoms with Gasteiger partial charge in [0.2, 0.25) is 0 Å². The molecule has 0 N–H and O–H groups in total. The van der Waals surface area contributed by atoms with Gasteiger partial charge in [-0.05, 0) is 44.4 Å². The van der Waals surface area contributed by atoms with Crippen LogP contribution in [0.1, 0.15) is 12.5 Å². The summed E-state index contributed by atoms with van der Waals surface area (Å²) >= 11 is 4.92. The van der Waals surface area contributed by atoms with E-state index in [1.165, 1.54) is 22.7 Å². The van der Waals surface area contributed by atoms with E-state index in [0.29, 0.717) is 0 Å². The molecule has 0 saturated heterocycles. The van der Waals surface area contributed by atoms with Crippen LogP contribution in [0.15, 0.2) is 68.3 Å². The van der Waals surface area contributed by atoms with E-state index in [4.69, 9.17) is 0 Å². The fourth-order valence-electron chi connectivity index (χ4n) is 2.96. The number of benzene rings is 2. The van der Waals surface area contributed by atoms with Crippen molar-refractivity contribution < 1.29 is 22.3 Å². The maximum Gasteiger partial charge on any atom is 0.430 e. The molecule has 0 fully saturated rings. The summed E-state index contributed by atoms with van der Waals surface area (Å²) in [6, 6.07) is 14.0. The molecule has 0 unspecified atom stereocenters. The first-order valence-electron chi connectivity index (χ1n) is 9.35. The maximum absolute atomic E-state index is 12.6. The molecule has 0 saturated carbocycles. The van der Waals surface area contributed by atoms with Gasteiger partial charge in [0.25, 0.3) is 4.38 Å². The highest BCUT2D eigenvalue weighted by Gasteiger charge is 2.41. The van der Waals surface area contributed by atoms with E-state index in [1.54, 1.807) is 47.4 Å². The number of amides is 1. The number of carbonyl (C=O) groups excluding carboxylic acids is 1. The molecule has 2 aromatic rings. The minimum absolute atomic E-state index is 0.129. The summed E-state index contributed by atoms with van der Waals surface area (Å²) in [6.45, 7) is 4.56. The zero-order valence-electron chi connectivity index (χ0n) is 17.5. The Bertz CT molecular complexity index is 1170. The number of hydrogen-bond donors (Lipinski definition) is 0. The first kappa shape index (κ1) is 23.9. The van der Waals surface area contributed by atoms with E-state index in [1.807, 2.05) is 43.9 Å². The van der Waals surface area contributed by atoms with E-state index >= 15 is 0 Å². The van der Waals surface area contributed by atoms with Gasteiger partial charge in [0.15, 0.2) is 11.4 Å². The van der Waals surface area contributed by atoms with Crippen LogP contribution in [0.25, 0.3) is 0 Å². The molecule has 1 amide bonds. The van der Waals surface area contributed by atoms with Gasteiger partial charge in [-0.3, -0.25) is 0 Å². The molecule has 10 heteroatoms. The quantitative estimate of drug-likeness (QED) is 0.347. The third kappa shape index (κ3) is 5.20. The Labute approximate surface area is 195 Å². The van der Waals surface area contributed by atoms with Crippen LogP contribution in [0.3, 0.4) is 0 Å². The van der Waals surface area contributed by atoms with Crippen LogP contribution in [-0.4, -0.2) is 47.7 Å². The van der Waals surface area contributed by atoms with Gasteiger partial charge in [-0.1, -0.05) is 53.4 Å². The molecular weight excluding hydrogens is 473 g/mol. The normalized spacial score (nSPS) is 18.2. The molecule has 0 bridgehead atoms. The Morgan fingerprint density at radius 2 is 1.74 bits per heavy atom. The molecule has 31 heavy (non-hydrogen) atoms. The highest BCUT2D eigenvalue weighted by Crippen LogP contribution is 2.49. The van der Waals surface area contributed by atoms with Gasteiger partial charge < -0.3 is 9.45 Å². The highest BCUT2D eigenvalue weighted by molar-refractivity contribution is 8.40. The van der Waals surface area contributed by atoms with E-state index in [-0.39, 0.29) is 10.8 Å². The van der Waals surface area contributed by atoms with Crippen molar-refractivity contribution in [2.75, 3.05) is 24.7 Å². The van der Waals surface area contributed by atoms with Crippen molar-refractivity contribution >= 4 is 61.4 Å². The standard InChI is InChI=1S/C14H15N2OS3.C7H8O3S/c1-4-16-12(17)11(20-14(16)18-3)13-15(2)9-7-5-6-8-10(9)19-13;1-6-2-4-7(5-3-6)11(8,9)10/h5-8H,4H2,1-3H3;2-5H,1H3,(H,8,9,10)/q+1;/p-1. The minimum atomic E-state index is -4.27. The summed E-state index contributed by atoms with van der Waals surface area (Å²) < 4.78 is 34.1. The second kappa shape index (κ2) is 9.83. The van der Waals surface area contributed by atoms with Crippen LogP contribution in [0.4, 0.5) is 5.69 Å². The summed E-state index contributed by atoms with van der Waals surface area (Å²) in [5.74, 6) is 0.129. The third-order valence-corrected chi connectivity index (χ3v) is 9.08. The molecular formula is C21H22N2O4S4. The van der Waals surface area contributed by atoms with E-state index < -0.39 is 10.1 Å². The lowest BCUT2D eigenvalue weighted by Gasteiger charge is -2.13. The second-order valence-electron chi connectivity index (χ2n) is 6.65. The van der Waals surface area contributed by atoms with Gasteiger partial charge in [0.05, 0.1) is 10.6 Å². The number of rotatable bonds is 2. The minimum Gasteiger partial charge on any atom is -0.744 e. The number of anilines is 1. The van der Waals surface area contributed by atoms with Gasteiger partial charge in [-0.2, -0.15) is 0 Å². The largest absolute Gasteiger partial charge is 0.744 e. The van der Waals surface area contributed by atoms with Crippen molar-refractivity contribution in [1.29, 1.82) is 0 Å². The third-order valence-electron chi connectivity index (χ3n) is 4.58. The van der Waals surface area contributed by atoms with Gasteiger partial charge in [-0.25, -0.2) is 13.2 Å². The summed E-state index contributed by atoms with van der Waals surface area (Å²) in [4.78, 5) is 16.6. The van der Waals surface area contributed by atoms with E-state index in [0.717, 1.165) is 26.4 Å².